The predicted octanol–water partition coefficient (Wildman–Crippen LogP) is 1.03. The summed E-state index contributed by atoms with van der Waals surface area (Å²) in [6.07, 6.45) is 2.44. The molecule has 8 nitrogen and oxygen atoms in total. The highest BCUT2D eigenvalue weighted by molar-refractivity contribution is 5.81. The van der Waals surface area contributed by atoms with Crippen molar-refractivity contribution in [2.24, 2.45) is 0 Å². The molecule has 8 heteroatoms. The lowest BCUT2D eigenvalue weighted by Crippen LogP contribution is -2.17. The van der Waals surface area contributed by atoms with Crippen LogP contribution in [0.25, 0.3) is 11.2 Å². The molecule has 1 aromatic carbocycles. The van der Waals surface area contributed by atoms with Crippen LogP contribution in [0.15, 0.2) is 30.5 Å². The van der Waals surface area contributed by atoms with E-state index < -0.39 is 0 Å². The first kappa shape index (κ1) is 14.6. The van der Waals surface area contributed by atoms with Crippen LogP contribution in [0.3, 0.4) is 0 Å². The fourth-order valence-corrected chi connectivity index (χ4v) is 2.20. The maximum absolute atomic E-state index is 10.7. The van der Waals surface area contributed by atoms with Gasteiger partial charge in [-0.2, -0.15) is 9.97 Å². The van der Waals surface area contributed by atoms with Crippen molar-refractivity contribution in [2.45, 2.75) is 6.54 Å². The number of hydrogen-bond acceptors (Lipinski definition) is 8. The Bertz CT molecular complexity index is 864. The summed E-state index contributed by atoms with van der Waals surface area (Å²) in [6, 6.07) is 7.27. The third kappa shape index (κ3) is 3.00. The van der Waals surface area contributed by atoms with Gasteiger partial charge in [0.2, 0.25) is 5.95 Å². The van der Waals surface area contributed by atoms with Crippen molar-refractivity contribution < 1.29 is 4.79 Å². The molecule has 0 aliphatic carbocycles. The van der Waals surface area contributed by atoms with Crippen molar-refractivity contribution in [3.05, 3.63) is 41.7 Å². The number of aromatic nitrogens is 4. The van der Waals surface area contributed by atoms with Crippen LogP contribution in [0.2, 0.25) is 0 Å². The number of aldehydes is 1. The van der Waals surface area contributed by atoms with Crippen LogP contribution >= 0.6 is 0 Å². The Labute approximate surface area is 132 Å². The average Bonchev–Trinajstić information content (AvgIpc) is 2.55. The largest absolute Gasteiger partial charge is 0.382 e. The number of fused-ring (bicyclic) bond motifs is 1. The van der Waals surface area contributed by atoms with Crippen LogP contribution in [0, 0.1) is 0 Å². The zero-order chi connectivity index (χ0) is 16.4. The van der Waals surface area contributed by atoms with Gasteiger partial charge in [0, 0.05) is 18.3 Å². The number of rotatable bonds is 4. The van der Waals surface area contributed by atoms with Crippen LogP contribution in [-0.4, -0.2) is 33.3 Å². The van der Waals surface area contributed by atoms with Crippen LogP contribution in [0.5, 0.6) is 0 Å². The Morgan fingerprint density at radius 3 is 2.57 bits per heavy atom. The first-order valence-corrected chi connectivity index (χ1v) is 6.88. The first-order valence-electron chi connectivity index (χ1n) is 6.88. The van der Waals surface area contributed by atoms with E-state index in [0.29, 0.717) is 23.3 Å². The number of nitrogens with two attached hydrogens (primary N) is 2. The van der Waals surface area contributed by atoms with E-state index in [0.717, 1.165) is 17.7 Å². The molecule has 0 aliphatic heterocycles. The minimum absolute atomic E-state index is 0.0736. The van der Waals surface area contributed by atoms with Crippen LogP contribution in [0.4, 0.5) is 17.5 Å². The molecule has 3 aromatic rings. The molecule has 2 aromatic heterocycles. The summed E-state index contributed by atoms with van der Waals surface area (Å²) in [5.41, 5.74) is 14.5. The highest BCUT2D eigenvalue weighted by atomic mass is 16.1. The Balaban J connectivity index is 1.86. The van der Waals surface area contributed by atoms with Gasteiger partial charge in [0.15, 0.2) is 17.0 Å². The van der Waals surface area contributed by atoms with Gasteiger partial charge in [-0.15, -0.1) is 0 Å². The number of carbonyl (C=O) groups is 1. The summed E-state index contributed by atoms with van der Waals surface area (Å²) in [5.74, 6) is 0.282. The maximum Gasteiger partial charge on any atom is 0.224 e. The number of anilines is 3. The van der Waals surface area contributed by atoms with E-state index >= 15 is 0 Å². The molecule has 0 saturated carbocycles. The van der Waals surface area contributed by atoms with Crippen molar-refractivity contribution in [3.63, 3.8) is 0 Å². The lowest BCUT2D eigenvalue weighted by atomic mass is 10.2. The van der Waals surface area contributed by atoms with E-state index in [9.17, 15) is 4.79 Å². The minimum atomic E-state index is 0.0736. The van der Waals surface area contributed by atoms with Gasteiger partial charge in [-0.3, -0.25) is 4.79 Å². The Morgan fingerprint density at radius 1 is 1.13 bits per heavy atom. The highest BCUT2D eigenvalue weighted by Gasteiger charge is 2.09. The molecule has 0 amide bonds. The second-order valence-corrected chi connectivity index (χ2v) is 5.07. The Kier molecular flexibility index (Phi) is 3.71. The standard InChI is InChI=1S/C15H15N7O/c1-22(11-4-2-9(8-23)3-5-11)7-10-6-18-14-12(19-10)13(16)20-15(17)21-14/h2-6,8H,7H2,1H3,(H4,16,17,18,20,21). The number of nitrogen functional groups attached to an aromatic ring is 2. The molecule has 0 atom stereocenters. The van der Waals surface area contributed by atoms with Gasteiger partial charge in [0.1, 0.15) is 6.29 Å². The lowest BCUT2D eigenvalue weighted by molar-refractivity contribution is 0.112. The van der Waals surface area contributed by atoms with E-state index in [-0.39, 0.29) is 11.8 Å². The molecule has 2 heterocycles. The SMILES string of the molecule is CN(Cc1cnc2nc(N)nc(N)c2n1)c1ccc(C=O)cc1. The van der Waals surface area contributed by atoms with E-state index in [1.54, 1.807) is 18.3 Å². The van der Waals surface area contributed by atoms with Crippen LogP contribution < -0.4 is 16.4 Å². The number of hydrogen-bond donors (Lipinski definition) is 2. The Hall–Kier alpha value is -3.29. The molecule has 4 N–H and O–H groups in total. The molecular weight excluding hydrogens is 294 g/mol. The van der Waals surface area contributed by atoms with Gasteiger partial charge in [0.05, 0.1) is 18.4 Å². The molecule has 0 saturated heterocycles. The topological polar surface area (TPSA) is 124 Å². The van der Waals surface area contributed by atoms with Gasteiger partial charge in [-0.1, -0.05) is 0 Å². The van der Waals surface area contributed by atoms with E-state index in [1.807, 2.05) is 24.1 Å². The maximum atomic E-state index is 10.7. The summed E-state index contributed by atoms with van der Waals surface area (Å²) in [7, 11) is 1.92. The van der Waals surface area contributed by atoms with Gasteiger partial charge in [0.25, 0.3) is 0 Å². The highest BCUT2D eigenvalue weighted by Crippen LogP contribution is 2.18. The predicted molar refractivity (Wildman–Crippen MR) is 87.9 cm³/mol. The Morgan fingerprint density at radius 2 is 1.87 bits per heavy atom. The number of benzene rings is 1. The molecule has 23 heavy (non-hydrogen) atoms. The van der Waals surface area contributed by atoms with Crippen molar-refractivity contribution in [1.29, 1.82) is 0 Å². The molecule has 0 aliphatic rings. The second kappa shape index (κ2) is 5.84. The van der Waals surface area contributed by atoms with Crippen molar-refractivity contribution in [3.8, 4) is 0 Å². The van der Waals surface area contributed by atoms with E-state index in [4.69, 9.17) is 11.5 Å². The van der Waals surface area contributed by atoms with Gasteiger partial charge in [-0.25, -0.2) is 9.97 Å². The molecule has 0 spiro atoms. The van der Waals surface area contributed by atoms with Crippen molar-refractivity contribution in [2.75, 3.05) is 23.4 Å². The van der Waals surface area contributed by atoms with Crippen LogP contribution in [-0.2, 0) is 6.54 Å². The number of carbonyl (C=O) groups excluding carboxylic acids is 1. The molecule has 0 fully saturated rings. The molecule has 0 bridgehead atoms. The minimum Gasteiger partial charge on any atom is -0.382 e. The summed E-state index contributed by atoms with van der Waals surface area (Å²) in [5, 5.41) is 0. The van der Waals surface area contributed by atoms with Crippen molar-refractivity contribution >= 4 is 34.9 Å². The molecule has 0 radical (unpaired) electrons. The molecular formula is C15H15N7O. The fourth-order valence-electron chi connectivity index (χ4n) is 2.20. The van der Waals surface area contributed by atoms with Gasteiger partial charge >= 0.3 is 0 Å². The quantitative estimate of drug-likeness (QED) is 0.685. The fraction of sp³-hybridized carbons (Fsp3) is 0.133. The molecule has 3 rings (SSSR count). The van der Waals surface area contributed by atoms with E-state index in [1.165, 1.54) is 0 Å². The van der Waals surface area contributed by atoms with Crippen LogP contribution in [0.1, 0.15) is 16.1 Å². The first-order chi connectivity index (χ1) is 11.1. The third-order valence-corrected chi connectivity index (χ3v) is 3.37. The smallest absolute Gasteiger partial charge is 0.224 e. The molecule has 116 valence electrons. The molecule has 0 unspecified atom stereocenters. The normalized spacial score (nSPS) is 10.7. The number of nitrogens with zero attached hydrogens (tertiary/aromatic N) is 5. The lowest BCUT2D eigenvalue weighted by Gasteiger charge is -2.19. The van der Waals surface area contributed by atoms with Gasteiger partial charge < -0.3 is 16.4 Å². The monoisotopic (exact) mass is 309 g/mol. The average molecular weight is 309 g/mol. The van der Waals surface area contributed by atoms with Crippen molar-refractivity contribution in [1.82, 2.24) is 19.9 Å². The summed E-state index contributed by atoms with van der Waals surface area (Å²) in [6.45, 7) is 0.521. The third-order valence-electron chi connectivity index (χ3n) is 3.37. The zero-order valence-electron chi connectivity index (χ0n) is 12.5. The van der Waals surface area contributed by atoms with E-state index in [2.05, 4.69) is 19.9 Å². The second-order valence-electron chi connectivity index (χ2n) is 5.07. The summed E-state index contributed by atoms with van der Waals surface area (Å²) >= 11 is 0. The summed E-state index contributed by atoms with van der Waals surface area (Å²) < 4.78 is 0. The zero-order valence-corrected chi connectivity index (χ0v) is 12.5. The summed E-state index contributed by atoms with van der Waals surface area (Å²) in [4.78, 5) is 29.3. The van der Waals surface area contributed by atoms with Gasteiger partial charge in [-0.05, 0) is 24.3 Å².